The fraction of sp³-hybridized carbons (Fsp3) is 0.333. The molecule has 2 heterocycles. The van der Waals surface area contributed by atoms with Crippen molar-refractivity contribution in [2.45, 2.75) is 11.8 Å². The average Bonchev–Trinajstić information content (AvgIpc) is 2.89. The van der Waals surface area contributed by atoms with Gasteiger partial charge in [-0.2, -0.15) is 4.31 Å². The van der Waals surface area contributed by atoms with Gasteiger partial charge < -0.3 is 5.11 Å². The number of benzene rings is 1. The van der Waals surface area contributed by atoms with Gasteiger partial charge >= 0.3 is 5.97 Å². The minimum Gasteiger partial charge on any atom is -0.481 e. The molecule has 0 saturated carbocycles. The summed E-state index contributed by atoms with van der Waals surface area (Å²) < 4.78 is 27.0. The Kier molecular flexibility index (Phi) is 3.62. The second-order valence-electron chi connectivity index (χ2n) is 5.58. The summed E-state index contributed by atoms with van der Waals surface area (Å²) in [6.07, 6.45) is 1.55. The third kappa shape index (κ3) is 2.36. The number of hydrogen-bond donors (Lipinski definition) is 1. The highest BCUT2D eigenvalue weighted by Crippen LogP contribution is 2.31. The van der Waals surface area contributed by atoms with Crippen LogP contribution in [0.25, 0.3) is 10.9 Å². The number of hydrogen-bond acceptors (Lipinski definition) is 4. The van der Waals surface area contributed by atoms with E-state index in [9.17, 15) is 18.3 Å². The van der Waals surface area contributed by atoms with Crippen LogP contribution >= 0.6 is 0 Å². The minimum absolute atomic E-state index is 0.00204. The first-order chi connectivity index (χ1) is 10.4. The normalized spacial score (nSPS) is 23.0. The van der Waals surface area contributed by atoms with Crippen LogP contribution in [0.1, 0.15) is 6.92 Å². The highest BCUT2D eigenvalue weighted by Gasteiger charge is 2.41. The standard InChI is InChI=1S/C15H16N2O4S/c1-10-8-17(9-12(10)15(18)19)22(20,21)13-6-2-4-11-5-3-7-16-14(11)13/h2-7,10,12H,8-9H2,1H3,(H,18,19)/t10-,12-/m1/s1. The lowest BCUT2D eigenvalue weighted by molar-refractivity contribution is -0.142. The molecule has 22 heavy (non-hydrogen) atoms. The molecule has 1 fully saturated rings. The first kappa shape index (κ1) is 14.9. The van der Waals surface area contributed by atoms with Gasteiger partial charge in [-0.05, 0) is 18.1 Å². The summed E-state index contributed by atoms with van der Waals surface area (Å²) >= 11 is 0. The van der Waals surface area contributed by atoms with E-state index in [4.69, 9.17) is 0 Å². The Balaban J connectivity index is 2.05. The van der Waals surface area contributed by atoms with E-state index in [-0.39, 0.29) is 23.9 Å². The maximum absolute atomic E-state index is 12.9. The van der Waals surface area contributed by atoms with Gasteiger partial charge in [-0.15, -0.1) is 0 Å². The lowest BCUT2D eigenvalue weighted by atomic mass is 9.99. The van der Waals surface area contributed by atoms with Crippen molar-refractivity contribution in [1.29, 1.82) is 0 Å². The van der Waals surface area contributed by atoms with Crippen LogP contribution in [0.2, 0.25) is 0 Å². The number of aromatic nitrogens is 1. The van der Waals surface area contributed by atoms with Crippen molar-refractivity contribution in [3.05, 3.63) is 36.5 Å². The van der Waals surface area contributed by atoms with Gasteiger partial charge in [0.05, 0.1) is 11.4 Å². The fourth-order valence-corrected chi connectivity index (χ4v) is 4.60. The maximum atomic E-state index is 12.9. The predicted molar refractivity (Wildman–Crippen MR) is 80.8 cm³/mol. The number of carbonyl (C=O) groups is 1. The summed E-state index contributed by atoms with van der Waals surface area (Å²) in [7, 11) is -3.76. The maximum Gasteiger partial charge on any atom is 0.308 e. The molecule has 7 heteroatoms. The number of fused-ring (bicyclic) bond motifs is 1. The molecule has 1 saturated heterocycles. The van der Waals surface area contributed by atoms with Gasteiger partial charge in [-0.1, -0.05) is 25.1 Å². The molecular formula is C15H16N2O4S. The molecule has 1 aromatic heterocycles. The van der Waals surface area contributed by atoms with Gasteiger partial charge in [0, 0.05) is 24.7 Å². The first-order valence-corrected chi connectivity index (χ1v) is 8.42. The molecule has 1 aromatic carbocycles. The number of para-hydroxylation sites is 1. The molecule has 3 rings (SSSR count). The number of carboxylic acids is 1. The zero-order chi connectivity index (χ0) is 15.9. The summed E-state index contributed by atoms with van der Waals surface area (Å²) in [4.78, 5) is 15.5. The zero-order valence-electron chi connectivity index (χ0n) is 12.0. The Hall–Kier alpha value is -1.99. The quantitative estimate of drug-likeness (QED) is 0.927. The third-order valence-electron chi connectivity index (χ3n) is 4.11. The van der Waals surface area contributed by atoms with E-state index in [0.29, 0.717) is 5.52 Å². The third-order valence-corrected chi connectivity index (χ3v) is 5.97. The van der Waals surface area contributed by atoms with Crippen molar-refractivity contribution < 1.29 is 18.3 Å². The topological polar surface area (TPSA) is 87.6 Å². The number of carboxylic acid groups (broad SMARTS) is 1. The summed E-state index contributed by atoms with van der Waals surface area (Å²) in [5.41, 5.74) is 0.413. The molecule has 0 unspecified atom stereocenters. The van der Waals surface area contributed by atoms with Gasteiger partial charge in [-0.3, -0.25) is 9.78 Å². The molecular weight excluding hydrogens is 304 g/mol. The highest BCUT2D eigenvalue weighted by molar-refractivity contribution is 7.89. The van der Waals surface area contributed by atoms with Crippen LogP contribution in [-0.4, -0.2) is 41.9 Å². The van der Waals surface area contributed by atoms with Crippen LogP contribution < -0.4 is 0 Å². The van der Waals surface area contributed by atoms with Crippen molar-refractivity contribution in [2.24, 2.45) is 11.8 Å². The molecule has 0 aliphatic carbocycles. The lowest BCUT2D eigenvalue weighted by Crippen LogP contribution is -2.30. The molecule has 0 spiro atoms. The van der Waals surface area contributed by atoms with E-state index in [2.05, 4.69) is 4.98 Å². The minimum atomic E-state index is -3.76. The lowest BCUT2D eigenvalue weighted by Gasteiger charge is -2.17. The van der Waals surface area contributed by atoms with Gasteiger partial charge in [0.15, 0.2) is 0 Å². The molecule has 0 amide bonds. The van der Waals surface area contributed by atoms with Crippen molar-refractivity contribution in [3.63, 3.8) is 0 Å². The van der Waals surface area contributed by atoms with Crippen molar-refractivity contribution >= 4 is 26.9 Å². The summed E-state index contributed by atoms with van der Waals surface area (Å²) in [5.74, 6) is -1.84. The van der Waals surface area contributed by atoms with Crippen LogP contribution in [-0.2, 0) is 14.8 Å². The second-order valence-corrected chi connectivity index (χ2v) is 7.48. The zero-order valence-corrected chi connectivity index (χ0v) is 12.8. The van der Waals surface area contributed by atoms with Crippen LogP contribution in [0, 0.1) is 11.8 Å². The number of nitrogens with zero attached hydrogens (tertiary/aromatic N) is 2. The molecule has 116 valence electrons. The molecule has 2 aromatic rings. The van der Waals surface area contributed by atoms with Gasteiger partial charge in [0.2, 0.25) is 10.0 Å². The van der Waals surface area contributed by atoms with Crippen molar-refractivity contribution in [1.82, 2.24) is 9.29 Å². The molecule has 0 bridgehead atoms. The highest BCUT2D eigenvalue weighted by atomic mass is 32.2. The number of aliphatic carboxylic acids is 1. The smallest absolute Gasteiger partial charge is 0.308 e. The Morgan fingerprint density at radius 1 is 1.27 bits per heavy atom. The molecule has 1 aliphatic rings. The summed E-state index contributed by atoms with van der Waals surface area (Å²) in [6, 6.07) is 8.54. The van der Waals surface area contributed by atoms with Crippen LogP contribution in [0.15, 0.2) is 41.4 Å². The van der Waals surface area contributed by atoms with Crippen LogP contribution in [0.4, 0.5) is 0 Å². The Labute approximate surface area is 128 Å². The largest absolute Gasteiger partial charge is 0.481 e. The Morgan fingerprint density at radius 3 is 2.68 bits per heavy atom. The Bertz CT molecular complexity index is 829. The van der Waals surface area contributed by atoms with E-state index in [1.54, 1.807) is 37.4 Å². The van der Waals surface area contributed by atoms with E-state index in [0.717, 1.165) is 5.39 Å². The number of pyridine rings is 1. The van der Waals surface area contributed by atoms with Crippen LogP contribution in [0.5, 0.6) is 0 Å². The summed E-state index contributed by atoms with van der Waals surface area (Å²) in [5, 5.41) is 9.92. The van der Waals surface area contributed by atoms with E-state index >= 15 is 0 Å². The Morgan fingerprint density at radius 2 is 2.00 bits per heavy atom. The molecule has 0 radical (unpaired) electrons. The molecule has 6 nitrogen and oxygen atoms in total. The first-order valence-electron chi connectivity index (χ1n) is 6.98. The van der Waals surface area contributed by atoms with Gasteiger partial charge in [0.1, 0.15) is 4.90 Å². The summed E-state index contributed by atoms with van der Waals surface area (Å²) in [6.45, 7) is 1.97. The molecule has 2 atom stereocenters. The average molecular weight is 320 g/mol. The number of sulfonamides is 1. The monoisotopic (exact) mass is 320 g/mol. The van der Waals surface area contributed by atoms with E-state index in [1.165, 1.54) is 10.4 Å². The fourth-order valence-electron chi connectivity index (χ4n) is 2.86. The van der Waals surface area contributed by atoms with Crippen LogP contribution in [0.3, 0.4) is 0 Å². The van der Waals surface area contributed by atoms with E-state index < -0.39 is 21.9 Å². The molecule has 1 aliphatic heterocycles. The molecule has 1 N–H and O–H groups in total. The van der Waals surface area contributed by atoms with Crippen molar-refractivity contribution in [3.8, 4) is 0 Å². The van der Waals surface area contributed by atoms with Gasteiger partial charge in [-0.25, -0.2) is 8.42 Å². The van der Waals surface area contributed by atoms with Gasteiger partial charge in [0.25, 0.3) is 0 Å². The number of rotatable bonds is 3. The second kappa shape index (κ2) is 5.33. The SMILES string of the molecule is C[C@@H]1CN(S(=O)(=O)c2cccc3cccnc23)C[C@H]1C(=O)O. The van der Waals surface area contributed by atoms with E-state index in [1.807, 2.05) is 0 Å². The predicted octanol–water partition coefficient (Wildman–Crippen LogP) is 1.58. The van der Waals surface area contributed by atoms with Crippen molar-refractivity contribution in [2.75, 3.05) is 13.1 Å².